The van der Waals surface area contributed by atoms with Gasteiger partial charge in [0.15, 0.2) is 0 Å². The summed E-state index contributed by atoms with van der Waals surface area (Å²) in [6.07, 6.45) is 0. The number of esters is 2. The number of carbonyl (C=O) groups excluding carboxylic acids is 3. The van der Waals surface area contributed by atoms with Crippen molar-refractivity contribution in [3.63, 3.8) is 0 Å². The van der Waals surface area contributed by atoms with Crippen LogP contribution in [0, 0.1) is 5.82 Å². The first kappa shape index (κ1) is 20.1. The van der Waals surface area contributed by atoms with E-state index < -0.39 is 36.4 Å². The van der Waals surface area contributed by atoms with Crippen molar-refractivity contribution in [1.29, 1.82) is 0 Å². The maximum absolute atomic E-state index is 13.8. The molecule has 0 saturated carbocycles. The van der Waals surface area contributed by atoms with Crippen molar-refractivity contribution >= 4 is 18.0 Å². The lowest BCUT2D eigenvalue weighted by Gasteiger charge is -2.29. The van der Waals surface area contributed by atoms with Gasteiger partial charge in [0.1, 0.15) is 12.4 Å². The number of carbonyl (C=O) groups is 3. The molecule has 0 aromatic heterocycles. The Morgan fingerprint density at radius 2 is 1.69 bits per heavy atom. The van der Waals surface area contributed by atoms with Crippen molar-refractivity contribution in [3.05, 3.63) is 82.8 Å². The lowest BCUT2D eigenvalue weighted by atomic mass is 9.95. The summed E-state index contributed by atoms with van der Waals surface area (Å²) in [5.41, 5.74) is 0.596. The molecule has 150 valence electrons. The van der Waals surface area contributed by atoms with Crippen molar-refractivity contribution in [2.45, 2.75) is 13.0 Å². The fraction of sp³-hybridized carbons (Fsp3) is 0.190. The van der Waals surface area contributed by atoms with Crippen LogP contribution in [-0.4, -0.2) is 31.2 Å². The zero-order chi connectivity index (χ0) is 20.8. The molecule has 2 aromatic rings. The van der Waals surface area contributed by atoms with Gasteiger partial charge in [-0.3, -0.25) is 0 Å². The first-order chi connectivity index (χ1) is 14.0. The highest BCUT2D eigenvalue weighted by Crippen LogP contribution is 2.28. The second-order valence-electron chi connectivity index (χ2n) is 6.11. The van der Waals surface area contributed by atoms with Gasteiger partial charge in [-0.2, -0.15) is 0 Å². The summed E-state index contributed by atoms with van der Waals surface area (Å²) in [4.78, 5) is 37.0. The van der Waals surface area contributed by atoms with Crippen LogP contribution >= 0.6 is 0 Å². The molecular weight excluding hydrogens is 379 g/mol. The average molecular weight is 398 g/mol. The van der Waals surface area contributed by atoms with Crippen molar-refractivity contribution in [3.8, 4) is 0 Å². The van der Waals surface area contributed by atoms with Crippen LogP contribution in [0.25, 0.3) is 0 Å². The van der Waals surface area contributed by atoms with Crippen LogP contribution in [0.1, 0.15) is 28.9 Å². The van der Waals surface area contributed by atoms with Crippen LogP contribution in [0.4, 0.5) is 9.18 Å². The molecule has 7 nitrogen and oxygen atoms in total. The van der Waals surface area contributed by atoms with Gasteiger partial charge >= 0.3 is 18.0 Å². The molecule has 0 spiro atoms. The molecule has 0 unspecified atom stereocenters. The van der Waals surface area contributed by atoms with E-state index in [1.165, 1.54) is 18.2 Å². The van der Waals surface area contributed by atoms with Gasteiger partial charge in [0, 0.05) is 0 Å². The Kier molecular flexibility index (Phi) is 6.23. The SMILES string of the molecule is CCOC(=O)C1=C(COC(=O)c2ccccc2F)NC(=O)N[C@H]1c1ccccc1. The Balaban J connectivity index is 1.92. The third-order valence-corrected chi connectivity index (χ3v) is 4.22. The molecule has 1 aliphatic rings. The van der Waals surface area contributed by atoms with E-state index in [0.29, 0.717) is 5.56 Å². The fourth-order valence-corrected chi connectivity index (χ4v) is 2.92. The van der Waals surface area contributed by atoms with Gasteiger partial charge in [0.05, 0.1) is 29.5 Å². The Bertz CT molecular complexity index is 959. The van der Waals surface area contributed by atoms with E-state index in [-0.39, 0.29) is 23.4 Å². The average Bonchev–Trinajstić information content (AvgIpc) is 2.72. The Hall–Kier alpha value is -3.68. The van der Waals surface area contributed by atoms with E-state index in [4.69, 9.17) is 9.47 Å². The highest BCUT2D eigenvalue weighted by atomic mass is 19.1. The molecule has 2 amide bonds. The van der Waals surface area contributed by atoms with Crippen LogP contribution < -0.4 is 10.6 Å². The summed E-state index contributed by atoms with van der Waals surface area (Å²) in [7, 11) is 0. The number of hydrogen-bond donors (Lipinski definition) is 2. The molecule has 0 fully saturated rings. The molecule has 0 aliphatic carbocycles. The minimum absolute atomic E-state index is 0.0748. The molecule has 0 bridgehead atoms. The van der Waals surface area contributed by atoms with Crippen molar-refractivity contribution in [1.82, 2.24) is 10.6 Å². The Labute approximate surface area is 166 Å². The molecule has 1 aliphatic heterocycles. The molecule has 1 heterocycles. The first-order valence-corrected chi connectivity index (χ1v) is 8.95. The minimum Gasteiger partial charge on any atom is -0.463 e. The number of amides is 2. The number of halogens is 1. The molecule has 2 aromatic carbocycles. The number of benzene rings is 2. The Morgan fingerprint density at radius 1 is 1.00 bits per heavy atom. The van der Waals surface area contributed by atoms with Crippen molar-refractivity contribution < 1.29 is 28.2 Å². The third-order valence-electron chi connectivity index (χ3n) is 4.22. The largest absolute Gasteiger partial charge is 0.463 e. The maximum Gasteiger partial charge on any atom is 0.341 e. The summed E-state index contributed by atoms with van der Waals surface area (Å²) >= 11 is 0. The molecule has 0 radical (unpaired) electrons. The zero-order valence-corrected chi connectivity index (χ0v) is 15.6. The molecule has 1 atom stereocenters. The highest BCUT2D eigenvalue weighted by Gasteiger charge is 2.34. The molecule has 0 saturated heterocycles. The number of rotatable bonds is 6. The van der Waals surface area contributed by atoms with Gasteiger partial charge in [0.2, 0.25) is 0 Å². The second kappa shape index (κ2) is 9.01. The number of ether oxygens (including phenoxy) is 2. The van der Waals surface area contributed by atoms with Crippen LogP contribution in [0.5, 0.6) is 0 Å². The monoisotopic (exact) mass is 398 g/mol. The summed E-state index contributed by atoms with van der Waals surface area (Å²) < 4.78 is 24.1. The first-order valence-electron chi connectivity index (χ1n) is 8.95. The second-order valence-corrected chi connectivity index (χ2v) is 6.11. The Morgan fingerprint density at radius 3 is 2.38 bits per heavy atom. The van der Waals surface area contributed by atoms with Crippen LogP contribution in [0.3, 0.4) is 0 Å². The van der Waals surface area contributed by atoms with Crippen LogP contribution in [0.15, 0.2) is 65.9 Å². The predicted molar refractivity (Wildman–Crippen MR) is 101 cm³/mol. The highest BCUT2D eigenvalue weighted by molar-refractivity contribution is 5.95. The normalized spacial score (nSPS) is 15.9. The summed E-state index contributed by atoms with van der Waals surface area (Å²) in [5, 5.41) is 5.16. The summed E-state index contributed by atoms with van der Waals surface area (Å²) in [6, 6.07) is 12.9. The predicted octanol–water partition coefficient (Wildman–Crippen LogP) is 2.85. The topological polar surface area (TPSA) is 93.7 Å². The van der Waals surface area contributed by atoms with E-state index >= 15 is 0 Å². The molecule has 3 rings (SSSR count). The number of urea groups is 1. The summed E-state index contributed by atoms with van der Waals surface area (Å²) in [6.45, 7) is 1.35. The lowest BCUT2D eigenvalue weighted by Crippen LogP contribution is -2.47. The van der Waals surface area contributed by atoms with Gasteiger partial charge in [0.25, 0.3) is 0 Å². The van der Waals surface area contributed by atoms with E-state index in [0.717, 1.165) is 6.07 Å². The van der Waals surface area contributed by atoms with Gasteiger partial charge in [-0.05, 0) is 24.6 Å². The summed E-state index contributed by atoms with van der Waals surface area (Å²) in [5.74, 6) is -2.30. The van der Waals surface area contributed by atoms with E-state index in [1.807, 2.05) is 0 Å². The maximum atomic E-state index is 13.8. The molecule has 29 heavy (non-hydrogen) atoms. The third kappa shape index (κ3) is 4.60. The fourth-order valence-electron chi connectivity index (χ4n) is 2.92. The van der Waals surface area contributed by atoms with Gasteiger partial charge in [-0.15, -0.1) is 0 Å². The molecule has 8 heteroatoms. The van der Waals surface area contributed by atoms with E-state index in [2.05, 4.69) is 10.6 Å². The molecular formula is C21H19FN2O5. The van der Waals surface area contributed by atoms with Crippen molar-refractivity contribution in [2.75, 3.05) is 13.2 Å². The smallest absolute Gasteiger partial charge is 0.341 e. The van der Waals surface area contributed by atoms with Gasteiger partial charge in [-0.25, -0.2) is 18.8 Å². The quantitative estimate of drug-likeness (QED) is 0.730. The minimum atomic E-state index is -0.914. The van der Waals surface area contributed by atoms with Crippen LogP contribution in [-0.2, 0) is 14.3 Å². The number of nitrogens with one attached hydrogen (secondary N) is 2. The van der Waals surface area contributed by atoms with E-state index in [1.54, 1.807) is 37.3 Å². The molecule has 2 N–H and O–H groups in total. The van der Waals surface area contributed by atoms with Gasteiger partial charge < -0.3 is 20.1 Å². The van der Waals surface area contributed by atoms with Crippen molar-refractivity contribution in [2.24, 2.45) is 0 Å². The van der Waals surface area contributed by atoms with Gasteiger partial charge in [-0.1, -0.05) is 42.5 Å². The zero-order valence-electron chi connectivity index (χ0n) is 15.6. The lowest BCUT2D eigenvalue weighted by molar-refractivity contribution is -0.139. The standard InChI is InChI=1S/C21H19FN2O5/c1-2-28-20(26)17-16(12-29-19(25)14-10-6-7-11-15(14)22)23-21(27)24-18(17)13-8-4-3-5-9-13/h3-11,18H,2,12H2,1H3,(H2,23,24,27)/t18-/m0/s1. The van der Waals surface area contributed by atoms with Crippen LogP contribution in [0.2, 0.25) is 0 Å². The van der Waals surface area contributed by atoms with E-state index in [9.17, 15) is 18.8 Å². The number of hydrogen-bond acceptors (Lipinski definition) is 5.